The van der Waals surface area contributed by atoms with Gasteiger partial charge in [0.2, 0.25) is 6.33 Å². The molecule has 0 fully saturated rings. The average Bonchev–Trinajstić information content (AvgIpc) is 2.35. The Morgan fingerprint density at radius 3 is 2.73 bits per heavy atom. The zero-order valence-corrected chi connectivity index (χ0v) is 7.62. The molecule has 0 aliphatic carbocycles. The molecule has 11 heavy (non-hydrogen) atoms. The van der Waals surface area contributed by atoms with Crippen LogP contribution in [0.5, 0.6) is 0 Å². The molecule has 1 aromatic rings. The average molecular weight is 153 g/mol. The SMILES string of the molecule is CCC(C)Cn1cc[n+](C)c1. The van der Waals surface area contributed by atoms with E-state index >= 15 is 0 Å². The van der Waals surface area contributed by atoms with Crippen molar-refractivity contribution in [2.45, 2.75) is 26.8 Å². The predicted octanol–water partition coefficient (Wildman–Crippen LogP) is 1.36. The van der Waals surface area contributed by atoms with Gasteiger partial charge in [-0.2, -0.15) is 0 Å². The minimum atomic E-state index is 0.780. The van der Waals surface area contributed by atoms with Crippen molar-refractivity contribution in [1.29, 1.82) is 0 Å². The van der Waals surface area contributed by atoms with Crippen molar-refractivity contribution in [3.05, 3.63) is 18.7 Å². The van der Waals surface area contributed by atoms with Crippen molar-refractivity contribution in [2.24, 2.45) is 13.0 Å². The van der Waals surface area contributed by atoms with E-state index in [9.17, 15) is 0 Å². The van der Waals surface area contributed by atoms with Gasteiger partial charge in [0.05, 0.1) is 13.6 Å². The summed E-state index contributed by atoms with van der Waals surface area (Å²) in [4.78, 5) is 0. The normalized spacial score (nSPS) is 13.4. The quantitative estimate of drug-likeness (QED) is 0.580. The monoisotopic (exact) mass is 153 g/mol. The summed E-state index contributed by atoms with van der Waals surface area (Å²) >= 11 is 0. The molecule has 0 spiro atoms. The van der Waals surface area contributed by atoms with Gasteiger partial charge in [-0.15, -0.1) is 0 Å². The lowest BCUT2D eigenvalue weighted by molar-refractivity contribution is -0.671. The molecule has 0 aromatic carbocycles. The van der Waals surface area contributed by atoms with E-state index in [4.69, 9.17) is 0 Å². The van der Waals surface area contributed by atoms with Crippen LogP contribution in [-0.2, 0) is 13.6 Å². The molecule has 1 heterocycles. The van der Waals surface area contributed by atoms with E-state index in [0.29, 0.717) is 0 Å². The molecule has 0 amide bonds. The summed E-state index contributed by atoms with van der Waals surface area (Å²) in [7, 11) is 2.05. The third-order valence-electron chi connectivity index (χ3n) is 2.04. The maximum absolute atomic E-state index is 2.28. The van der Waals surface area contributed by atoms with Crippen LogP contribution < -0.4 is 4.57 Å². The van der Waals surface area contributed by atoms with Crippen molar-refractivity contribution in [3.8, 4) is 0 Å². The number of hydrogen-bond acceptors (Lipinski definition) is 0. The first-order chi connectivity index (χ1) is 5.22. The van der Waals surface area contributed by atoms with Crippen LogP contribution in [0.2, 0.25) is 0 Å². The molecule has 2 heteroatoms. The fourth-order valence-electron chi connectivity index (χ4n) is 1.10. The van der Waals surface area contributed by atoms with Gasteiger partial charge in [-0.25, -0.2) is 9.13 Å². The molecular formula is C9H17N2+. The highest BCUT2D eigenvalue weighted by molar-refractivity contribution is 4.67. The number of rotatable bonds is 3. The molecule has 0 saturated heterocycles. The summed E-state index contributed by atoms with van der Waals surface area (Å²) in [6.45, 7) is 5.64. The minimum Gasteiger partial charge on any atom is -0.240 e. The van der Waals surface area contributed by atoms with E-state index in [2.05, 4.69) is 41.7 Å². The molecule has 0 saturated carbocycles. The van der Waals surface area contributed by atoms with Crippen molar-refractivity contribution >= 4 is 0 Å². The van der Waals surface area contributed by atoms with Crippen LogP contribution in [0.1, 0.15) is 20.3 Å². The van der Waals surface area contributed by atoms with Crippen molar-refractivity contribution in [1.82, 2.24) is 4.57 Å². The number of imidazole rings is 1. The summed E-state index contributed by atoms with van der Waals surface area (Å²) in [6.07, 6.45) is 7.56. The molecular weight excluding hydrogens is 136 g/mol. The van der Waals surface area contributed by atoms with E-state index in [1.807, 2.05) is 7.05 Å². The molecule has 0 aliphatic rings. The van der Waals surface area contributed by atoms with Gasteiger partial charge in [0.1, 0.15) is 12.4 Å². The molecule has 0 radical (unpaired) electrons. The van der Waals surface area contributed by atoms with Crippen LogP contribution in [0.3, 0.4) is 0 Å². The first-order valence-corrected chi connectivity index (χ1v) is 4.23. The molecule has 0 bridgehead atoms. The van der Waals surface area contributed by atoms with E-state index in [1.165, 1.54) is 6.42 Å². The standard InChI is InChI=1S/C9H17N2/c1-4-9(2)7-11-6-5-10(3)8-11/h5-6,8-9H,4,7H2,1-3H3/q+1. The smallest absolute Gasteiger partial charge is 0.240 e. The lowest BCUT2D eigenvalue weighted by Gasteiger charge is -2.02. The van der Waals surface area contributed by atoms with Gasteiger partial charge in [-0.1, -0.05) is 13.8 Å². The Morgan fingerprint density at radius 2 is 2.27 bits per heavy atom. The van der Waals surface area contributed by atoms with Crippen LogP contribution >= 0.6 is 0 Å². The lowest BCUT2D eigenvalue weighted by atomic mass is 10.1. The summed E-state index contributed by atoms with van der Waals surface area (Å²) in [5.74, 6) is 0.780. The zero-order valence-electron chi connectivity index (χ0n) is 7.62. The van der Waals surface area contributed by atoms with Gasteiger partial charge in [0, 0.05) is 0 Å². The molecule has 62 valence electrons. The van der Waals surface area contributed by atoms with Crippen LogP contribution in [0.15, 0.2) is 18.7 Å². The second-order valence-corrected chi connectivity index (χ2v) is 3.29. The maximum atomic E-state index is 2.28. The Labute approximate surface area is 68.5 Å². The molecule has 1 aromatic heterocycles. The Balaban J connectivity index is 2.50. The largest absolute Gasteiger partial charge is 0.243 e. The second-order valence-electron chi connectivity index (χ2n) is 3.29. The number of aromatic nitrogens is 2. The fraction of sp³-hybridized carbons (Fsp3) is 0.667. The minimum absolute atomic E-state index is 0.780. The highest BCUT2D eigenvalue weighted by Crippen LogP contribution is 2.03. The van der Waals surface area contributed by atoms with Crippen LogP contribution in [0.4, 0.5) is 0 Å². The van der Waals surface area contributed by atoms with E-state index in [-0.39, 0.29) is 0 Å². The Bertz CT molecular complexity index is 215. The van der Waals surface area contributed by atoms with Gasteiger partial charge < -0.3 is 0 Å². The molecule has 1 unspecified atom stereocenters. The van der Waals surface area contributed by atoms with Gasteiger partial charge in [0.15, 0.2) is 0 Å². The van der Waals surface area contributed by atoms with E-state index in [1.54, 1.807) is 0 Å². The molecule has 2 nitrogen and oxygen atoms in total. The summed E-state index contributed by atoms with van der Waals surface area (Å²) < 4.78 is 4.30. The highest BCUT2D eigenvalue weighted by atomic mass is 15.1. The third kappa shape index (κ3) is 2.37. The topological polar surface area (TPSA) is 8.81 Å². The molecule has 0 aliphatic heterocycles. The number of hydrogen-bond donors (Lipinski definition) is 0. The summed E-state index contributed by atoms with van der Waals surface area (Å²) in [5.41, 5.74) is 0. The van der Waals surface area contributed by atoms with Gasteiger partial charge in [0.25, 0.3) is 0 Å². The summed E-state index contributed by atoms with van der Waals surface area (Å²) in [6, 6.07) is 0. The van der Waals surface area contributed by atoms with E-state index < -0.39 is 0 Å². The lowest BCUT2D eigenvalue weighted by Crippen LogP contribution is -2.24. The molecule has 0 N–H and O–H groups in total. The third-order valence-corrected chi connectivity index (χ3v) is 2.04. The van der Waals surface area contributed by atoms with Gasteiger partial charge in [-0.3, -0.25) is 0 Å². The Hall–Kier alpha value is -0.790. The van der Waals surface area contributed by atoms with Crippen molar-refractivity contribution in [3.63, 3.8) is 0 Å². The Morgan fingerprint density at radius 1 is 1.55 bits per heavy atom. The maximum Gasteiger partial charge on any atom is 0.243 e. The zero-order chi connectivity index (χ0) is 8.27. The first kappa shape index (κ1) is 8.31. The van der Waals surface area contributed by atoms with E-state index in [0.717, 1.165) is 12.5 Å². The predicted molar refractivity (Wildman–Crippen MR) is 45.1 cm³/mol. The van der Waals surface area contributed by atoms with Crippen molar-refractivity contribution < 1.29 is 4.57 Å². The van der Waals surface area contributed by atoms with Crippen LogP contribution in [-0.4, -0.2) is 4.57 Å². The van der Waals surface area contributed by atoms with Crippen LogP contribution in [0.25, 0.3) is 0 Å². The second kappa shape index (κ2) is 3.56. The molecule has 1 rings (SSSR count). The summed E-state index contributed by atoms with van der Waals surface area (Å²) in [5, 5.41) is 0. The van der Waals surface area contributed by atoms with Crippen LogP contribution in [0, 0.1) is 5.92 Å². The first-order valence-electron chi connectivity index (χ1n) is 4.23. The number of nitrogens with zero attached hydrogens (tertiary/aromatic N) is 2. The fourth-order valence-corrected chi connectivity index (χ4v) is 1.10. The highest BCUT2D eigenvalue weighted by Gasteiger charge is 2.04. The Kier molecular flexibility index (Phi) is 2.69. The van der Waals surface area contributed by atoms with Gasteiger partial charge in [-0.05, 0) is 12.3 Å². The number of aryl methyl sites for hydroxylation is 1. The molecule has 1 atom stereocenters. The van der Waals surface area contributed by atoms with Gasteiger partial charge >= 0.3 is 0 Å². The van der Waals surface area contributed by atoms with Crippen molar-refractivity contribution in [2.75, 3.05) is 0 Å².